The minimum Gasteiger partial charge on any atom is -0.346 e. The van der Waals surface area contributed by atoms with Gasteiger partial charge in [-0.05, 0) is 41.2 Å². The highest BCUT2D eigenvalue weighted by atomic mass is 35.5. The van der Waals surface area contributed by atoms with Crippen molar-refractivity contribution < 1.29 is 4.21 Å². The molecular formula is C23H30ClN3OS. The maximum absolute atomic E-state index is 11.9. The van der Waals surface area contributed by atoms with E-state index < -0.39 is 11.2 Å². The summed E-state index contributed by atoms with van der Waals surface area (Å²) in [6, 6.07) is 14.5. The summed E-state index contributed by atoms with van der Waals surface area (Å²) in [6.45, 7) is 8.17. The van der Waals surface area contributed by atoms with Crippen molar-refractivity contribution >= 4 is 33.7 Å². The summed E-state index contributed by atoms with van der Waals surface area (Å²) >= 11 is 5.27. The number of fused-ring (bicyclic) bond motifs is 1. The number of halogens is 1. The first-order chi connectivity index (χ1) is 13.7. The lowest BCUT2D eigenvalue weighted by atomic mass is 9.88. The van der Waals surface area contributed by atoms with E-state index in [4.69, 9.17) is 11.6 Å². The van der Waals surface area contributed by atoms with Crippen LogP contribution in [0.5, 0.6) is 0 Å². The van der Waals surface area contributed by atoms with Crippen molar-refractivity contribution in [1.82, 2.24) is 13.6 Å². The molecule has 156 valence electrons. The average molecular weight is 432 g/mol. The Labute approximate surface area is 181 Å². The third-order valence-corrected chi connectivity index (χ3v) is 6.22. The SMILES string of the molecule is CN(C)S(=O)NCCn1cc(CC(C)(C)C)c2cc(-c3ccccc3Cl)ccc21. The Morgan fingerprint density at radius 1 is 1.14 bits per heavy atom. The highest BCUT2D eigenvalue weighted by Crippen LogP contribution is 2.34. The summed E-state index contributed by atoms with van der Waals surface area (Å²) in [5.41, 5.74) is 4.88. The Morgan fingerprint density at radius 2 is 1.86 bits per heavy atom. The largest absolute Gasteiger partial charge is 0.346 e. The molecule has 4 nitrogen and oxygen atoms in total. The molecule has 0 fully saturated rings. The van der Waals surface area contributed by atoms with Crippen LogP contribution in [0.2, 0.25) is 5.02 Å². The van der Waals surface area contributed by atoms with Crippen LogP contribution in [0.25, 0.3) is 22.0 Å². The first-order valence-corrected chi connectivity index (χ1v) is 11.3. The van der Waals surface area contributed by atoms with E-state index in [9.17, 15) is 4.21 Å². The number of nitrogens with zero attached hydrogens (tertiary/aromatic N) is 2. The smallest absolute Gasteiger partial charge is 0.169 e. The second-order valence-corrected chi connectivity index (χ2v) is 10.7. The Bertz CT molecular complexity index is 1020. The molecule has 3 aromatic rings. The van der Waals surface area contributed by atoms with E-state index in [1.54, 1.807) is 18.4 Å². The summed E-state index contributed by atoms with van der Waals surface area (Å²) in [5.74, 6) is 0. The second kappa shape index (κ2) is 9.00. The standard InChI is InChI=1S/C23H30ClN3OS/c1-23(2,3)15-18-16-27(13-12-25-29(28)26(4)5)22-11-10-17(14-20(18)22)19-8-6-7-9-21(19)24/h6-11,14,16,25H,12-13,15H2,1-5H3. The van der Waals surface area contributed by atoms with E-state index in [1.807, 2.05) is 18.2 Å². The minimum absolute atomic E-state index is 0.185. The first kappa shape index (κ1) is 22.0. The van der Waals surface area contributed by atoms with Gasteiger partial charge in [0.2, 0.25) is 0 Å². The maximum atomic E-state index is 11.9. The molecule has 1 unspecified atom stereocenters. The number of benzene rings is 2. The van der Waals surface area contributed by atoms with Crippen molar-refractivity contribution in [2.24, 2.45) is 5.41 Å². The van der Waals surface area contributed by atoms with E-state index >= 15 is 0 Å². The molecule has 29 heavy (non-hydrogen) atoms. The van der Waals surface area contributed by atoms with Gasteiger partial charge in [-0.3, -0.25) is 0 Å². The maximum Gasteiger partial charge on any atom is 0.169 e. The molecule has 3 rings (SSSR count). The van der Waals surface area contributed by atoms with Crippen LogP contribution in [0, 0.1) is 5.41 Å². The summed E-state index contributed by atoms with van der Waals surface area (Å²) in [7, 11) is 3.59. The first-order valence-electron chi connectivity index (χ1n) is 9.85. The van der Waals surface area contributed by atoms with E-state index in [2.05, 4.69) is 60.5 Å². The number of hydrogen-bond donors (Lipinski definition) is 1. The van der Waals surface area contributed by atoms with Crippen LogP contribution in [0.3, 0.4) is 0 Å². The van der Waals surface area contributed by atoms with Crippen molar-refractivity contribution in [1.29, 1.82) is 0 Å². The van der Waals surface area contributed by atoms with E-state index in [0.29, 0.717) is 6.54 Å². The van der Waals surface area contributed by atoms with Gasteiger partial charge in [0.15, 0.2) is 11.2 Å². The third-order valence-electron chi connectivity index (χ3n) is 4.78. The van der Waals surface area contributed by atoms with Gasteiger partial charge in [0, 0.05) is 54.9 Å². The fourth-order valence-corrected chi connectivity index (χ4v) is 4.28. The van der Waals surface area contributed by atoms with Gasteiger partial charge in [0.25, 0.3) is 0 Å². The zero-order chi connectivity index (χ0) is 21.2. The van der Waals surface area contributed by atoms with Gasteiger partial charge in [0.1, 0.15) is 0 Å². The molecular weight excluding hydrogens is 402 g/mol. The predicted molar refractivity (Wildman–Crippen MR) is 125 cm³/mol. The fourth-order valence-electron chi connectivity index (χ4n) is 3.51. The van der Waals surface area contributed by atoms with Gasteiger partial charge < -0.3 is 4.57 Å². The molecule has 0 saturated carbocycles. The summed E-state index contributed by atoms with van der Waals surface area (Å²) in [5, 5.41) is 2.02. The van der Waals surface area contributed by atoms with Gasteiger partial charge in [-0.15, -0.1) is 0 Å². The Kier molecular flexibility index (Phi) is 6.84. The predicted octanol–water partition coefficient (Wildman–Crippen LogP) is 5.28. The monoisotopic (exact) mass is 431 g/mol. The van der Waals surface area contributed by atoms with Crippen LogP contribution in [0.15, 0.2) is 48.7 Å². The molecule has 1 N–H and O–H groups in total. The second-order valence-electron chi connectivity index (χ2n) is 8.75. The Morgan fingerprint density at radius 3 is 2.52 bits per heavy atom. The number of nitrogens with one attached hydrogen (secondary N) is 1. The van der Waals surface area contributed by atoms with E-state index in [-0.39, 0.29) is 5.41 Å². The van der Waals surface area contributed by atoms with Crippen LogP contribution in [-0.4, -0.2) is 33.7 Å². The zero-order valence-corrected chi connectivity index (χ0v) is 19.4. The normalized spacial score (nSPS) is 13.3. The van der Waals surface area contributed by atoms with Crippen molar-refractivity contribution in [3.63, 3.8) is 0 Å². The lowest BCUT2D eigenvalue weighted by molar-refractivity contribution is 0.412. The number of hydrogen-bond acceptors (Lipinski definition) is 1. The van der Waals surface area contributed by atoms with Crippen LogP contribution in [0.1, 0.15) is 26.3 Å². The van der Waals surface area contributed by atoms with Crippen LogP contribution >= 0.6 is 11.6 Å². The summed E-state index contributed by atoms with van der Waals surface area (Å²) in [6.07, 6.45) is 3.23. The molecule has 0 saturated heterocycles. The Hall–Kier alpha value is -1.66. The van der Waals surface area contributed by atoms with Crippen molar-refractivity contribution in [3.05, 3.63) is 59.2 Å². The summed E-state index contributed by atoms with van der Waals surface area (Å²) < 4.78 is 18.9. The molecule has 0 aliphatic heterocycles. The zero-order valence-electron chi connectivity index (χ0n) is 17.8. The molecule has 6 heteroatoms. The van der Waals surface area contributed by atoms with Crippen LogP contribution in [-0.2, 0) is 24.1 Å². The third kappa shape index (κ3) is 5.48. The molecule has 0 bridgehead atoms. The van der Waals surface area contributed by atoms with Gasteiger partial charge in [-0.1, -0.05) is 56.6 Å². The van der Waals surface area contributed by atoms with Crippen molar-refractivity contribution in [2.45, 2.75) is 33.7 Å². The molecule has 1 atom stereocenters. The molecule has 0 aliphatic rings. The van der Waals surface area contributed by atoms with Gasteiger partial charge in [-0.2, -0.15) is 0 Å². The lowest BCUT2D eigenvalue weighted by Crippen LogP contribution is -2.31. The molecule has 0 radical (unpaired) electrons. The molecule has 0 amide bonds. The highest BCUT2D eigenvalue weighted by Gasteiger charge is 2.17. The Balaban J connectivity index is 1.98. The van der Waals surface area contributed by atoms with Crippen LogP contribution in [0.4, 0.5) is 0 Å². The quantitative estimate of drug-likeness (QED) is 0.542. The highest BCUT2D eigenvalue weighted by molar-refractivity contribution is 7.80. The molecule has 1 aromatic heterocycles. The molecule has 2 aromatic carbocycles. The number of aromatic nitrogens is 1. The van der Waals surface area contributed by atoms with Gasteiger partial charge >= 0.3 is 0 Å². The van der Waals surface area contributed by atoms with Gasteiger partial charge in [0.05, 0.1) is 0 Å². The molecule has 0 spiro atoms. The minimum atomic E-state index is -1.16. The lowest BCUT2D eigenvalue weighted by Gasteiger charge is -2.17. The van der Waals surface area contributed by atoms with Gasteiger partial charge in [-0.25, -0.2) is 13.2 Å². The van der Waals surface area contributed by atoms with E-state index in [1.165, 1.54) is 16.5 Å². The average Bonchev–Trinajstić information content (AvgIpc) is 2.97. The van der Waals surface area contributed by atoms with Crippen molar-refractivity contribution in [2.75, 3.05) is 20.6 Å². The van der Waals surface area contributed by atoms with E-state index in [0.717, 1.165) is 29.1 Å². The molecule has 1 heterocycles. The topological polar surface area (TPSA) is 37.3 Å². The summed E-state index contributed by atoms with van der Waals surface area (Å²) in [4.78, 5) is 0. The van der Waals surface area contributed by atoms with Crippen molar-refractivity contribution in [3.8, 4) is 11.1 Å². The number of rotatable bonds is 7. The molecule has 0 aliphatic carbocycles. The fraction of sp³-hybridized carbons (Fsp3) is 0.391. The van der Waals surface area contributed by atoms with Crippen LogP contribution < -0.4 is 4.72 Å².